The normalized spacial score (nSPS) is 14.2. The van der Waals surface area contributed by atoms with Gasteiger partial charge in [0.1, 0.15) is 5.00 Å². The number of pyridine rings is 1. The molecule has 7 heteroatoms. The smallest absolute Gasteiger partial charge is 0.341 e. The fraction of sp³-hybridized carbons (Fsp3) is 0.375. The molecule has 2 aromatic heterocycles. The molecule has 0 bridgehead atoms. The molecular weight excluding hydrogens is 428 g/mol. The molecule has 3 aromatic rings. The van der Waals surface area contributed by atoms with Gasteiger partial charge in [0.2, 0.25) is 5.91 Å². The number of nitrogens with one attached hydrogen (secondary N) is 1. The van der Waals surface area contributed by atoms with Crippen molar-refractivity contribution in [1.82, 2.24) is 4.98 Å². The third-order valence-electron chi connectivity index (χ3n) is 5.69. The second-order valence-electron chi connectivity index (χ2n) is 7.90. The van der Waals surface area contributed by atoms with Crippen molar-refractivity contribution in [2.75, 3.05) is 12.4 Å². The highest BCUT2D eigenvalue weighted by molar-refractivity contribution is 8.00. The number of hydrogen-bond donors (Lipinski definition) is 1. The van der Waals surface area contributed by atoms with E-state index in [4.69, 9.17) is 9.72 Å². The molecule has 0 aliphatic heterocycles. The third kappa shape index (κ3) is 4.34. The van der Waals surface area contributed by atoms with Gasteiger partial charge in [0, 0.05) is 10.3 Å². The molecule has 31 heavy (non-hydrogen) atoms. The number of benzene rings is 1. The standard InChI is InChI=1S/C24H26N2O3S2/c1-13-8-7-10-16-14(2)12-19(25-21(13)16)30-15(3)22(27)26-23-20(24(28)29-4)17-9-5-6-11-18(17)31-23/h7-8,10,12,15H,5-6,9,11H2,1-4H3,(H,26,27). The molecule has 1 amide bonds. The van der Waals surface area contributed by atoms with Crippen molar-refractivity contribution in [2.45, 2.75) is 56.7 Å². The Morgan fingerprint density at radius 3 is 2.74 bits per heavy atom. The number of thiophene rings is 1. The van der Waals surface area contributed by atoms with E-state index in [0.717, 1.165) is 58.3 Å². The van der Waals surface area contributed by atoms with Crippen LogP contribution in [0.2, 0.25) is 0 Å². The molecule has 2 heterocycles. The molecule has 1 aromatic carbocycles. The molecule has 4 rings (SSSR count). The molecule has 0 fully saturated rings. The largest absolute Gasteiger partial charge is 0.465 e. The van der Waals surface area contributed by atoms with Crippen molar-refractivity contribution < 1.29 is 14.3 Å². The number of aromatic nitrogens is 1. The van der Waals surface area contributed by atoms with Crippen molar-refractivity contribution >= 4 is 50.9 Å². The number of carbonyl (C=O) groups is 2. The minimum Gasteiger partial charge on any atom is -0.465 e. The highest BCUT2D eigenvalue weighted by atomic mass is 32.2. The number of ether oxygens (including phenoxy) is 1. The van der Waals surface area contributed by atoms with Crippen molar-refractivity contribution in [3.05, 3.63) is 51.4 Å². The minimum atomic E-state index is -0.377. The van der Waals surface area contributed by atoms with Gasteiger partial charge in [-0.05, 0) is 69.2 Å². The summed E-state index contributed by atoms with van der Waals surface area (Å²) in [5.74, 6) is -0.518. The highest BCUT2D eigenvalue weighted by Crippen LogP contribution is 2.39. The zero-order valence-corrected chi connectivity index (χ0v) is 19.8. The summed E-state index contributed by atoms with van der Waals surface area (Å²) < 4.78 is 5.01. The van der Waals surface area contributed by atoms with Crippen LogP contribution in [-0.4, -0.2) is 29.2 Å². The Bertz CT molecular complexity index is 1170. The number of rotatable bonds is 5. The molecule has 5 nitrogen and oxygen atoms in total. The summed E-state index contributed by atoms with van der Waals surface area (Å²) in [4.78, 5) is 31.4. The van der Waals surface area contributed by atoms with E-state index < -0.39 is 0 Å². The van der Waals surface area contributed by atoms with E-state index in [1.54, 1.807) is 0 Å². The van der Waals surface area contributed by atoms with Gasteiger partial charge in [0.15, 0.2) is 0 Å². The summed E-state index contributed by atoms with van der Waals surface area (Å²) in [6.07, 6.45) is 3.97. The number of para-hydroxylation sites is 1. The number of fused-ring (bicyclic) bond motifs is 2. The highest BCUT2D eigenvalue weighted by Gasteiger charge is 2.28. The van der Waals surface area contributed by atoms with E-state index in [0.29, 0.717) is 10.6 Å². The van der Waals surface area contributed by atoms with Crippen LogP contribution in [0.25, 0.3) is 10.9 Å². The van der Waals surface area contributed by atoms with Crippen molar-refractivity contribution in [1.29, 1.82) is 0 Å². The molecule has 0 radical (unpaired) electrons. The van der Waals surface area contributed by atoms with Crippen LogP contribution in [0.15, 0.2) is 29.3 Å². The molecule has 1 aliphatic rings. The summed E-state index contributed by atoms with van der Waals surface area (Å²) in [6.45, 7) is 5.98. The van der Waals surface area contributed by atoms with Gasteiger partial charge >= 0.3 is 5.97 Å². The molecule has 162 valence electrons. The number of aryl methyl sites for hydroxylation is 3. The van der Waals surface area contributed by atoms with E-state index in [2.05, 4.69) is 18.3 Å². The zero-order valence-electron chi connectivity index (χ0n) is 18.2. The van der Waals surface area contributed by atoms with Crippen LogP contribution in [-0.2, 0) is 22.4 Å². The lowest BCUT2D eigenvalue weighted by atomic mass is 9.95. The average Bonchev–Trinajstić information content (AvgIpc) is 3.11. The van der Waals surface area contributed by atoms with E-state index in [9.17, 15) is 9.59 Å². The summed E-state index contributed by atoms with van der Waals surface area (Å²) >= 11 is 2.94. The second-order valence-corrected chi connectivity index (χ2v) is 10.4. The quantitative estimate of drug-likeness (QED) is 0.396. The fourth-order valence-electron chi connectivity index (χ4n) is 4.01. The van der Waals surface area contributed by atoms with Crippen LogP contribution >= 0.6 is 23.1 Å². The monoisotopic (exact) mass is 454 g/mol. The minimum absolute atomic E-state index is 0.141. The van der Waals surface area contributed by atoms with Gasteiger partial charge < -0.3 is 10.1 Å². The molecule has 1 unspecified atom stereocenters. The summed E-state index contributed by atoms with van der Waals surface area (Å²) in [6, 6.07) is 8.18. The first kappa shape index (κ1) is 21.8. The van der Waals surface area contributed by atoms with Crippen LogP contribution in [0, 0.1) is 13.8 Å². The lowest BCUT2D eigenvalue weighted by Crippen LogP contribution is -2.23. The molecular formula is C24H26N2O3S2. The zero-order chi connectivity index (χ0) is 22.1. The van der Waals surface area contributed by atoms with Crippen molar-refractivity contribution in [3.63, 3.8) is 0 Å². The van der Waals surface area contributed by atoms with Gasteiger partial charge in [-0.15, -0.1) is 11.3 Å². The molecule has 0 saturated heterocycles. The Kier molecular flexibility index (Phi) is 6.34. The van der Waals surface area contributed by atoms with Gasteiger partial charge in [-0.25, -0.2) is 9.78 Å². The SMILES string of the molecule is COC(=O)c1c(NC(=O)C(C)Sc2cc(C)c3cccc(C)c3n2)sc2c1CCCC2. The number of hydrogen-bond acceptors (Lipinski definition) is 6. The molecule has 1 N–H and O–H groups in total. The van der Waals surface area contributed by atoms with Crippen molar-refractivity contribution in [2.24, 2.45) is 0 Å². The van der Waals surface area contributed by atoms with Crippen LogP contribution < -0.4 is 5.32 Å². The Morgan fingerprint density at radius 1 is 1.19 bits per heavy atom. The maximum absolute atomic E-state index is 13.0. The predicted octanol–water partition coefficient (Wildman–Crippen LogP) is 5.70. The van der Waals surface area contributed by atoms with E-state index in [1.165, 1.54) is 35.1 Å². The lowest BCUT2D eigenvalue weighted by Gasteiger charge is -2.14. The van der Waals surface area contributed by atoms with Gasteiger partial charge in [-0.1, -0.05) is 30.0 Å². The Hall–Kier alpha value is -2.38. The summed E-state index contributed by atoms with van der Waals surface area (Å²) in [5, 5.41) is 5.19. The Balaban J connectivity index is 1.56. The topological polar surface area (TPSA) is 68.3 Å². The molecule has 1 atom stereocenters. The third-order valence-corrected chi connectivity index (χ3v) is 7.91. The van der Waals surface area contributed by atoms with Gasteiger partial charge in [-0.3, -0.25) is 4.79 Å². The summed E-state index contributed by atoms with van der Waals surface area (Å²) in [5.41, 5.74) is 4.80. The first-order chi connectivity index (χ1) is 14.9. The van der Waals surface area contributed by atoms with Crippen LogP contribution in [0.1, 0.15) is 51.7 Å². The maximum atomic E-state index is 13.0. The van der Waals surface area contributed by atoms with E-state index >= 15 is 0 Å². The fourth-order valence-corrected chi connectivity index (χ4v) is 6.21. The van der Waals surface area contributed by atoms with Crippen LogP contribution in [0.4, 0.5) is 5.00 Å². The predicted molar refractivity (Wildman–Crippen MR) is 127 cm³/mol. The number of anilines is 1. The number of carbonyl (C=O) groups excluding carboxylic acids is 2. The molecule has 0 saturated carbocycles. The molecule has 0 spiro atoms. The summed E-state index contributed by atoms with van der Waals surface area (Å²) in [7, 11) is 1.38. The van der Waals surface area contributed by atoms with Crippen LogP contribution in [0.3, 0.4) is 0 Å². The maximum Gasteiger partial charge on any atom is 0.341 e. The number of thioether (sulfide) groups is 1. The lowest BCUT2D eigenvalue weighted by molar-refractivity contribution is -0.115. The van der Waals surface area contributed by atoms with E-state index in [1.807, 2.05) is 32.0 Å². The molecule has 1 aliphatic carbocycles. The average molecular weight is 455 g/mol. The number of nitrogens with zero attached hydrogens (tertiary/aromatic N) is 1. The number of amides is 1. The Morgan fingerprint density at radius 2 is 1.97 bits per heavy atom. The second kappa shape index (κ2) is 9.01. The van der Waals surface area contributed by atoms with Crippen molar-refractivity contribution in [3.8, 4) is 0 Å². The van der Waals surface area contributed by atoms with E-state index in [-0.39, 0.29) is 17.1 Å². The first-order valence-corrected chi connectivity index (χ1v) is 12.2. The van der Waals surface area contributed by atoms with Crippen LogP contribution in [0.5, 0.6) is 0 Å². The van der Waals surface area contributed by atoms with Gasteiger partial charge in [0.05, 0.1) is 28.5 Å². The van der Waals surface area contributed by atoms with Gasteiger partial charge in [-0.2, -0.15) is 0 Å². The first-order valence-electron chi connectivity index (χ1n) is 10.5. The number of esters is 1. The van der Waals surface area contributed by atoms with Gasteiger partial charge in [0.25, 0.3) is 0 Å². The number of methoxy groups -OCH3 is 1. The Labute approximate surface area is 190 Å².